The standard InChI is InChI=1S/C16H22BrN3S/c1-16(2,3)18-9-13-11-21-15(19-13)20(4)10-12-7-5-6-8-14(12)17/h5-8,11,18H,9-10H2,1-4H3. The van der Waals surface area contributed by atoms with E-state index in [1.807, 2.05) is 6.07 Å². The molecule has 0 radical (unpaired) electrons. The number of hydrogen-bond donors (Lipinski definition) is 1. The van der Waals surface area contributed by atoms with Crippen LogP contribution < -0.4 is 10.2 Å². The van der Waals surface area contributed by atoms with Gasteiger partial charge >= 0.3 is 0 Å². The van der Waals surface area contributed by atoms with Crippen LogP contribution in [0.15, 0.2) is 34.1 Å². The zero-order valence-corrected chi connectivity index (χ0v) is 15.4. The number of anilines is 1. The number of nitrogens with zero attached hydrogens (tertiary/aromatic N) is 2. The van der Waals surface area contributed by atoms with Gasteiger partial charge in [-0.15, -0.1) is 11.3 Å². The Morgan fingerprint density at radius 1 is 1.29 bits per heavy atom. The average Bonchev–Trinajstić information content (AvgIpc) is 2.87. The number of halogens is 1. The minimum atomic E-state index is 0.116. The zero-order chi connectivity index (χ0) is 15.5. The van der Waals surface area contributed by atoms with Crippen LogP contribution in [-0.2, 0) is 13.1 Å². The third kappa shape index (κ3) is 5.09. The number of hydrogen-bond acceptors (Lipinski definition) is 4. The third-order valence-electron chi connectivity index (χ3n) is 3.03. The molecule has 0 spiro atoms. The van der Waals surface area contributed by atoms with Gasteiger partial charge in [-0.3, -0.25) is 0 Å². The minimum Gasteiger partial charge on any atom is -0.347 e. The molecule has 1 heterocycles. The summed E-state index contributed by atoms with van der Waals surface area (Å²) in [5.41, 5.74) is 2.48. The highest BCUT2D eigenvalue weighted by Crippen LogP contribution is 2.24. The van der Waals surface area contributed by atoms with Gasteiger partial charge in [-0.2, -0.15) is 0 Å². The molecular formula is C16H22BrN3S. The van der Waals surface area contributed by atoms with Crippen LogP contribution in [0.25, 0.3) is 0 Å². The second-order valence-electron chi connectivity index (χ2n) is 6.17. The molecule has 1 aromatic heterocycles. The van der Waals surface area contributed by atoms with Crippen LogP contribution in [0.2, 0.25) is 0 Å². The summed E-state index contributed by atoms with van der Waals surface area (Å²) >= 11 is 5.29. The first kappa shape index (κ1) is 16.5. The zero-order valence-electron chi connectivity index (χ0n) is 13.0. The highest BCUT2D eigenvalue weighted by molar-refractivity contribution is 9.10. The van der Waals surface area contributed by atoms with Crippen molar-refractivity contribution in [1.29, 1.82) is 0 Å². The number of aromatic nitrogens is 1. The maximum absolute atomic E-state index is 4.71. The second kappa shape index (κ2) is 6.90. The molecule has 5 heteroatoms. The Morgan fingerprint density at radius 3 is 2.67 bits per heavy atom. The molecule has 1 aromatic carbocycles. The molecule has 0 unspecified atom stereocenters. The van der Waals surface area contributed by atoms with Crippen molar-refractivity contribution in [2.24, 2.45) is 0 Å². The van der Waals surface area contributed by atoms with Gasteiger partial charge in [0.1, 0.15) is 0 Å². The number of benzene rings is 1. The van der Waals surface area contributed by atoms with Crippen LogP contribution in [0.5, 0.6) is 0 Å². The van der Waals surface area contributed by atoms with E-state index in [2.05, 4.69) is 77.5 Å². The second-order valence-corrected chi connectivity index (χ2v) is 7.86. The fourth-order valence-electron chi connectivity index (χ4n) is 1.86. The van der Waals surface area contributed by atoms with Crippen LogP contribution in [-0.4, -0.2) is 17.6 Å². The lowest BCUT2D eigenvalue weighted by Gasteiger charge is -2.19. The summed E-state index contributed by atoms with van der Waals surface area (Å²) in [7, 11) is 2.08. The first-order valence-corrected chi connectivity index (χ1v) is 8.66. The van der Waals surface area contributed by atoms with Crippen LogP contribution in [0.3, 0.4) is 0 Å². The van der Waals surface area contributed by atoms with E-state index in [1.165, 1.54) is 5.56 Å². The summed E-state index contributed by atoms with van der Waals surface area (Å²) in [4.78, 5) is 6.89. The van der Waals surface area contributed by atoms with E-state index in [9.17, 15) is 0 Å². The van der Waals surface area contributed by atoms with Gasteiger partial charge in [-0.1, -0.05) is 34.1 Å². The summed E-state index contributed by atoms with van der Waals surface area (Å²) in [6, 6.07) is 8.31. The summed E-state index contributed by atoms with van der Waals surface area (Å²) in [5, 5.41) is 6.65. The summed E-state index contributed by atoms with van der Waals surface area (Å²) in [6.45, 7) is 8.15. The Labute approximate surface area is 139 Å². The molecule has 114 valence electrons. The fourth-order valence-corrected chi connectivity index (χ4v) is 3.06. The van der Waals surface area contributed by atoms with E-state index in [1.54, 1.807) is 11.3 Å². The van der Waals surface area contributed by atoms with Crippen molar-refractivity contribution in [2.75, 3.05) is 11.9 Å². The first-order valence-electron chi connectivity index (χ1n) is 6.99. The van der Waals surface area contributed by atoms with E-state index >= 15 is 0 Å². The van der Waals surface area contributed by atoms with Crippen molar-refractivity contribution in [3.05, 3.63) is 45.4 Å². The van der Waals surface area contributed by atoms with Crippen molar-refractivity contribution in [1.82, 2.24) is 10.3 Å². The highest BCUT2D eigenvalue weighted by atomic mass is 79.9. The topological polar surface area (TPSA) is 28.2 Å². The lowest BCUT2D eigenvalue weighted by molar-refractivity contribution is 0.422. The summed E-state index contributed by atoms with van der Waals surface area (Å²) in [5.74, 6) is 0. The molecule has 0 saturated heterocycles. The largest absolute Gasteiger partial charge is 0.347 e. The molecule has 2 aromatic rings. The van der Waals surface area contributed by atoms with Crippen molar-refractivity contribution in [3.63, 3.8) is 0 Å². The third-order valence-corrected chi connectivity index (χ3v) is 4.81. The maximum atomic E-state index is 4.71. The number of rotatable bonds is 5. The quantitative estimate of drug-likeness (QED) is 0.846. The van der Waals surface area contributed by atoms with Gasteiger partial charge in [0.15, 0.2) is 5.13 Å². The van der Waals surface area contributed by atoms with Crippen LogP contribution >= 0.6 is 27.3 Å². The van der Waals surface area contributed by atoms with Crippen molar-refractivity contribution in [2.45, 2.75) is 39.4 Å². The van der Waals surface area contributed by atoms with Gasteiger partial charge in [-0.05, 0) is 32.4 Å². The summed E-state index contributed by atoms with van der Waals surface area (Å²) in [6.07, 6.45) is 0. The van der Waals surface area contributed by atoms with Gasteiger partial charge in [0.25, 0.3) is 0 Å². The molecule has 0 aliphatic heterocycles. The Bertz CT molecular complexity index is 589. The molecule has 3 nitrogen and oxygen atoms in total. The molecule has 0 bridgehead atoms. The van der Waals surface area contributed by atoms with Crippen LogP contribution in [0, 0.1) is 0 Å². The molecule has 0 atom stereocenters. The normalized spacial score (nSPS) is 11.7. The van der Waals surface area contributed by atoms with Gasteiger partial charge in [-0.25, -0.2) is 4.98 Å². The molecule has 2 rings (SSSR count). The molecule has 1 N–H and O–H groups in total. The van der Waals surface area contributed by atoms with Crippen molar-refractivity contribution in [3.8, 4) is 0 Å². The number of nitrogens with one attached hydrogen (secondary N) is 1. The first-order chi connectivity index (χ1) is 9.85. The molecule has 0 aliphatic carbocycles. The fraction of sp³-hybridized carbons (Fsp3) is 0.438. The van der Waals surface area contributed by atoms with Gasteiger partial charge in [0.05, 0.1) is 5.69 Å². The minimum absolute atomic E-state index is 0.116. The SMILES string of the molecule is CN(Cc1ccccc1Br)c1nc(CNC(C)(C)C)cs1. The lowest BCUT2D eigenvalue weighted by Crippen LogP contribution is -2.35. The molecule has 0 fully saturated rings. The van der Waals surface area contributed by atoms with Gasteiger partial charge < -0.3 is 10.2 Å². The monoisotopic (exact) mass is 367 g/mol. The molecular weight excluding hydrogens is 346 g/mol. The van der Waals surface area contributed by atoms with E-state index in [4.69, 9.17) is 4.98 Å². The smallest absolute Gasteiger partial charge is 0.185 e. The van der Waals surface area contributed by atoms with Crippen molar-refractivity contribution >= 4 is 32.4 Å². The summed E-state index contributed by atoms with van der Waals surface area (Å²) < 4.78 is 1.14. The Morgan fingerprint density at radius 2 is 2.00 bits per heavy atom. The Balaban J connectivity index is 1.99. The Kier molecular flexibility index (Phi) is 5.41. The molecule has 0 saturated carbocycles. The van der Waals surface area contributed by atoms with Crippen LogP contribution in [0.4, 0.5) is 5.13 Å². The van der Waals surface area contributed by atoms with Gasteiger partial charge in [0, 0.05) is 35.5 Å². The van der Waals surface area contributed by atoms with E-state index in [-0.39, 0.29) is 5.54 Å². The van der Waals surface area contributed by atoms with Crippen LogP contribution in [0.1, 0.15) is 32.0 Å². The highest BCUT2D eigenvalue weighted by Gasteiger charge is 2.12. The predicted molar refractivity (Wildman–Crippen MR) is 95.0 cm³/mol. The number of thiazole rings is 1. The van der Waals surface area contributed by atoms with E-state index in [0.717, 1.165) is 28.4 Å². The molecule has 21 heavy (non-hydrogen) atoms. The average molecular weight is 368 g/mol. The predicted octanol–water partition coefficient (Wildman–Crippen LogP) is 4.43. The van der Waals surface area contributed by atoms with E-state index in [0.29, 0.717) is 0 Å². The molecule has 0 amide bonds. The van der Waals surface area contributed by atoms with Crippen molar-refractivity contribution < 1.29 is 0 Å². The van der Waals surface area contributed by atoms with Gasteiger partial charge in [0.2, 0.25) is 0 Å². The van der Waals surface area contributed by atoms with E-state index < -0.39 is 0 Å². The molecule has 0 aliphatic rings. The maximum Gasteiger partial charge on any atom is 0.185 e. The Hall–Kier alpha value is -0.910. The lowest BCUT2D eigenvalue weighted by atomic mass is 10.1.